The molecule has 0 heterocycles. The van der Waals surface area contributed by atoms with Crippen LogP contribution in [-0.4, -0.2) is 59.8 Å². The van der Waals surface area contributed by atoms with E-state index in [1.165, 1.54) is 0 Å². The maximum atomic E-state index is 8.89. The van der Waals surface area contributed by atoms with Crippen LogP contribution in [0.1, 0.15) is 13.8 Å². The minimum absolute atomic E-state index is 0. The molecule has 48 valence electrons. The van der Waals surface area contributed by atoms with Gasteiger partial charge in [0.2, 0.25) is 0 Å². The van der Waals surface area contributed by atoms with Gasteiger partial charge in [0.05, 0.1) is 0 Å². The van der Waals surface area contributed by atoms with Crippen LogP contribution in [-0.2, 0) is 9.59 Å². The van der Waals surface area contributed by atoms with Crippen LogP contribution in [0.4, 0.5) is 0 Å². The molecule has 0 aliphatic rings. The third kappa shape index (κ3) is 1680. The zero-order chi connectivity index (χ0) is 7.15. The minimum Gasteiger partial charge on any atom is -0.550 e. The van der Waals surface area contributed by atoms with E-state index < -0.39 is 11.9 Å². The summed E-state index contributed by atoms with van der Waals surface area (Å²) in [5.74, 6) is -2.17. The van der Waals surface area contributed by atoms with Gasteiger partial charge in [-0.3, -0.25) is 0 Å². The van der Waals surface area contributed by atoms with E-state index in [9.17, 15) is 0 Å². The first-order valence-corrected chi connectivity index (χ1v) is 1.82. The SMILES string of the molecule is CC(=O)[O-].CC(=O)[O-].[Sn+4].[Sn+4]. The molecule has 0 aliphatic carbocycles. The molecule has 6 heteroatoms. The maximum absolute atomic E-state index is 8.89. The molecule has 0 spiro atoms. The molecule has 0 bridgehead atoms. The van der Waals surface area contributed by atoms with Crippen LogP contribution in [0.2, 0.25) is 0 Å². The van der Waals surface area contributed by atoms with E-state index in [0.29, 0.717) is 0 Å². The third-order valence-electron chi connectivity index (χ3n) is 0. The van der Waals surface area contributed by atoms with Gasteiger partial charge in [0, 0.05) is 11.9 Å². The number of rotatable bonds is 0. The molecular weight excluding hydrogens is 349 g/mol. The summed E-state index contributed by atoms with van der Waals surface area (Å²) in [7, 11) is 0. The molecule has 0 fully saturated rings. The number of carboxylic acid groups (broad SMARTS) is 2. The molecular formula is C4H6O4Sn2+6. The average molecular weight is 356 g/mol. The first kappa shape index (κ1) is 22.4. The predicted molar refractivity (Wildman–Crippen MR) is 32.9 cm³/mol. The monoisotopic (exact) mass is 358 g/mol. The zero-order valence-electron chi connectivity index (χ0n) is 5.63. The van der Waals surface area contributed by atoms with Crippen molar-refractivity contribution in [2.24, 2.45) is 0 Å². The van der Waals surface area contributed by atoms with E-state index >= 15 is 0 Å². The molecule has 0 saturated carbocycles. The number of hydrogen-bond donors (Lipinski definition) is 0. The van der Waals surface area contributed by atoms with Crippen LogP contribution < -0.4 is 10.2 Å². The Morgan fingerprint density at radius 2 is 0.900 bits per heavy atom. The van der Waals surface area contributed by atoms with E-state index in [1.54, 1.807) is 0 Å². The van der Waals surface area contributed by atoms with Gasteiger partial charge in [-0.1, -0.05) is 0 Å². The van der Waals surface area contributed by atoms with Gasteiger partial charge in [-0.15, -0.1) is 0 Å². The van der Waals surface area contributed by atoms with Crippen LogP contribution in [0.15, 0.2) is 0 Å². The molecule has 0 aromatic rings. The van der Waals surface area contributed by atoms with Crippen LogP contribution >= 0.6 is 0 Å². The van der Waals surface area contributed by atoms with Gasteiger partial charge in [-0.2, -0.15) is 0 Å². The Morgan fingerprint density at radius 3 is 0.900 bits per heavy atom. The molecule has 0 saturated heterocycles. The number of aliphatic carboxylic acids is 2. The number of carboxylic acids is 2. The Labute approximate surface area is 92.9 Å². The Morgan fingerprint density at radius 1 is 0.900 bits per heavy atom. The fourth-order valence-electron chi connectivity index (χ4n) is 0. The summed E-state index contributed by atoms with van der Waals surface area (Å²) in [6, 6.07) is 0. The molecule has 0 unspecified atom stereocenters. The van der Waals surface area contributed by atoms with Crippen molar-refractivity contribution in [2.75, 3.05) is 0 Å². The van der Waals surface area contributed by atoms with Crippen LogP contribution in [0, 0.1) is 0 Å². The van der Waals surface area contributed by atoms with Crippen molar-refractivity contribution in [3.8, 4) is 0 Å². The summed E-state index contributed by atoms with van der Waals surface area (Å²) < 4.78 is 0. The number of carbonyl (C=O) groups is 2. The van der Waals surface area contributed by atoms with Crippen LogP contribution in [0.25, 0.3) is 0 Å². The molecule has 10 heavy (non-hydrogen) atoms. The Bertz CT molecular complexity index is 73.3. The average Bonchev–Trinajstić information content (AvgIpc) is 1.25. The minimum atomic E-state index is -1.08. The fourth-order valence-corrected chi connectivity index (χ4v) is 0. The van der Waals surface area contributed by atoms with E-state index in [2.05, 4.69) is 0 Å². The normalized spacial score (nSPS) is 5.00. The van der Waals surface area contributed by atoms with E-state index in [1.807, 2.05) is 0 Å². The standard InChI is InChI=1S/2C2H4O2.2Sn/c2*1-2(3)4;;/h2*1H3,(H,3,4);;/q;;2*+4/p-2. The second-order valence-electron chi connectivity index (χ2n) is 0.983. The zero-order valence-corrected chi connectivity index (χ0v) is 11.3. The van der Waals surface area contributed by atoms with Crippen molar-refractivity contribution in [3.63, 3.8) is 0 Å². The molecule has 0 aromatic heterocycles. The molecule has 0 aromatic carbocycles. The van der Waals surface area contributed by atoms with Gasteiger partial charge >= 0.3 is 47.8 Å². The summed E-state index contributed by atoms with van der Waals surface area (Å²) in [6.07, 6.45) is 0. The van der Waals surface area contributed by atoms with Gasteiger partial charge in [-0.05, 0) is 13.8 Å². The summed E-state index contributed by atoms with van der Waals surface area (Å²) in [6.45, 7) is 1.94. The second-order valence-corrected chi connectivity index (χ2v) is 0.983. The second kappa shape index (κ2) is 16.3. The van der Waals surface area contributed by atoms with Crippen molar-refractivity contribution >= 4 is 59.8 Å². The Hall–Kier alpha value is 0.537. The Balaban J connectivity index is -0.0000000300. The first-order chi connectivity index (χ1) is 3.46. The fraction of sp³-hybridized carbons (Fsp3) is 0.500. The maximum Gasteiger partial charge on any atom is 4.00 e. The van der Waals surface area contributed by atoms with Gasteiger partial charge in [0.25, 0.3) is 0 Å². The van der Waals surface area contributed by atoms with Gasteiger partial charge in [0.15, 0.2) is 0 Å². The third-order valence-corrected chi connectivity index (χ3v) is 0. The smallest absolute Gasteiger partial charge is 0.550 e. The first-order valence-electron chi connectivity index (χ1n) is 1.82. The molecule has 0 rings (SSSR count). The quantitative estimate of drug-likeness (QED) is 0.428. The summed E-state index contributed by atoms with van der Waals surface area (Å²) >= 11 is 0. The van der Waals surface area contributed by atoms with Gasteiger partial charge in [0.1, 0.15) is 0 Å². The predicted octanol–water partition coefficient (Wildman–Crippen LogP) is -3.25. The van der Waals surface area contributed by atoms with Crippen LogP contribution in [0.3, 0.4) is 0 Å². The van der Waals surface area contributed by atoms with Crippen molar-refractivity contribution in [1.29, 1.82) is 0 Å². The van der Waals surface area contributed by atoms with Crippen molar-refractivity contribution in [2.45, 2.75) is 13.8 Å². The largest absolute Gasteiger partial charge is 4.00 e. The van der Waals surface area contributed by atoms with Crippen molar-refractivity contribution < 1.29 is 19.8 Å². The van der Waals surface area contributed by atoms with E-state index in [4.69, 9.17) is 19.8 Å². The Kier molecular flexibility index (Phi) is 36.5. The summed E-state index contributed by atoms with van der Waals surface area (Å²) in [5, 5.41) is 17.8. The van der Waals surface area contributed by atoms with Crippen molar-refractivity contribution in [1.82, 2.24) is 0 Å². The molecule has 4 nitrogen and oxygen atoms in total. The number of carbonyl (C=O) groups excluding carboxylic acids is 2. The summed E-state index contributed by atoms with van der Waals surface area (Å²) in [5.41, 5.74) is 0. The van der Waals surface area contributed by atoms with Gasteiger partial charge < -0.3 is 19.8 Å². The van der Waals surface area contributed by atoms with Crippen molar-refractivity contribution in [3.05, 3.63) is 0 Å². The van der Waals surface area contributed by atoms with E-state index in [-0.39, 0.29) is 47.8 Å². The molecule has 0 amide bonds. The molecule has 0 N–H and O–H groups in total. The molecule has 0 radical (unpaired) electrons. The van der Waals surface area contributed by atoms with Crippen LogP contribution in [0.5, 0.6) is 0 Å². The number of hydrogen-bond acceptors (Lipinski definition) is 4. The summed E-state index contributed by atoms with van der Waals surface area (Å²) in [4.78, 5) is 17.8. The molecule has 0 atom stereocenters. The van der Waals surface area contributed by atoms with E-state index in [0.717, 1.165) is 13.8 Å². The van der Waals surface area contributed by atoms with Gasteiger partial charge in [-0.25, -0.2) is 0 Å². The topological polar surface area (TPSA) is 80.3 Å². The molecule has 0 aliphatic heterocycles.